The van der Waals surface area contributed by atoms with Crippen LogP contribution in [0.2, 0.25) is 0 Å². The van der Waals surface area contributed by atoms with E-state index in [1.807, 2.05) is 0 Å². The summed E-state index contributed by atoms with van der Waals surface area (Å²) in [6.45, 7) is 0. The third kappa shape index (κ3) is 4.35. The summed E-state index contributed by atoms with van der Waals surface area (Å²) in [5, 5.41) is 21.3. The highest BCUT2D eigenvalue weighted by atomic mass is 19.4. The van der Waals surface area contributed by atoms with E-state index in [0.29, 0.717) is 0 Å². The zero-order valence-corrected chi connectivity index (χ0v) is 12.4. The van der Waals surface area contributed by atoms with Gasteiger partial charge in [-0.25, -0.2) is 4.39 Å². The van der Waals surface area contributed by atoms with Crippen LogP contribution >= 0.6 is 0 Å². The summed E-state index contributed by atoms with van der Waals surface area (Å²) in [5.41, 5.74) is -1.50. The maximum Gasteiger partial charge on any atom is 0.416 e. The van der Waals surface area contributed by atoms with Gasteiger partial charge in [0.05, 0.1) is 5.56 Å². The van der Waals surface area contributed by atoms with Crippen LogP contribution in [0.15, 0.2) is 54.1 Å². The van der Waals surface area contributed by atoms with Gasteiger partial charge in [0.15, 0.2) is 5.57 Å². The Bertz CT molecular complexity index is 848. The van der Waals surface area contributed by atoms with Gasteiger partial charge in [-0.1, -0.05) is 0 Å². The van der Waals surface area contributed by atoms with E-state index in [2.05, 4.69) is 5.32 Å². The normalized spacial score (nSPS) is 12.1. The highest BCUT2D eigenvalue weighted by molar-refractivity contribution is 6.10. The van der Waals surface area contributed by atoms with Gasteiger partial charge in [0, 0.05) is 11.3 Å². The number of carbonyl (C=O) groups excluding carboxylic acids is 1. The van der Waals surface area contributed by atoms with Crippen LogP contribution in [0.25, 0.3) is 5.76 Å². The van der Waals surface area contributed by atoms with Gasteiger partial charge in [0.2, 0.25) is 0 Å². The smallest absolute Gasteiger partial charge is 0.416 e. The van der Waals surface area contributed by atoms with E-state index >= 15 is 0 Å². The maximum absolute atomic E-state index is 12.9. The molecule has 0 heterocycles. The molecule has 0 aliphatic rings. The van der Waals surface area contributed by atoms with E-state index in [1.165, 1.54) is 18.2 Å². The highest BCUT2D eigenvalue weighted by Crippen LogP contribution is 2.30. The van der Waals surface area contributed by atoms with Gasteiger partial charge < -0.3 is 10.4 Å². The zero-order chi connectivity index (χ0) is 18.6. The number of alkyl halides is 3. The fraction of sp³-hybridized carbons (Fsp3) is 0.0588. The van der Waals surface area contributed by atoms with Crippen LogP contribution in [0.3, 0.4) is 0 Å². The molecule has 0 aliphatic carbocycles. The summed E-state index contributed by atoms with van der Waals surface area (Å²) in [7, 11) is 0. The molecule has 2 aromatic rings. The summed E-state index contributed by atoms with van der Waals surface area (Å²) < 4.78 is 50.3. The van der Waals surface area contributed by atoms with Gasteiger partial charge in [-0.3, -0.25) is 4.79 Å². The maximum atomic E-state index is 12.9. The first kappa shape index (κ1) is 18.0. The molecule has 2 N–H and O–H groups in total. The minimum absolute atomic E-state index is 0.0117. The topological polar surface area (TPSA) is 73.1 Å². The molecule has 1 amide bonds. The lowest BCUT2D eigenvalue weighted by Crippen LogP contribution is -2.15. The summed E-state index contributed by atoms with van der Waals surface area (Å²) in [5.74, 6) is -2.25. The van der Waals surface area contributed by atoms with Crippen molar-refractivity contribution in [2.75, 3.05) is 5.32 Å². The van der Waals surface area contributed by atoms with Gasteiger partial charge in [0.1, 0.15) is 17.6 Å². The van der Waals surface area contributed by atoms with Crippen molar-refractivity contribution in [2.24, 2.45) is 0 Å². The highest BCUT2D eigenvalue weighted by Gasteiger charge is 2.30. The van der Waals surface area contributed by atoms with E-state index < -0.39 is 34.8 Å². The fourth-order valence-electron chi connectivity index (χ4n) is 1.90. The van der Waals surface area contributed by atoms with Crippen LogP contribution < -0.4 is 5.32 Å². The molecule has 0 spiro atoms. The van der Waals surface area contributed by atoms with E-state index in [0.717, 1.165) is 36.4 Å². The molecule has 0 fully saturated rings. The number of aliphatic hydroxyl groups excluding tert-OH is 1. The molecule has 8 heteroatoms. The molecule has 2 aromatic carbocycles. The van der Waals surface area contributed by atoms with Crippen molar-refractivity contribution in [1.82, 2.24) is 0 Å². The van der Waals surface area contributed by atoms with Crippen LogP contribution in [0.4, 0.5) is 23.2 Å². The Hall–Kier alpha value is -3.34. The molecule has 0 atom stereocenters. The van der Waals surface area contributed by atoms with Gasteiger partial charge in [-0.05, 0) is 48.5 Å². The van der Waals surface area contributed by atoms with Crippen molar-refractivity contribution in [3.63, 3.8) is 0 Å². The number of anilines is 1. The summed E-state index contributed by atoms with van der Waals surface area (Å²) in [6.07, 6.45) is -4.51. The lowest BCUT2D eigenvalue weighted by atomic mass is 10.1. The van der Waals surface area contributed by atoms with Gasteiger partial charge >= 0.3 is 6.18 Å². The van der Waals surface area contributed by atoms with Crippen molar-refractivity contribution in [1.29, 1.82) is 5.26 Å². The molecule has 0 unspecified atom stereocenters. The molecule has 2 rings (SSSR count). The van der Waals surface area contributed by atoms with Crippen LogP contribution in [0.5, 0.6) is 0 Å². The number of nitrogens with one attached hydrogen (secondary N) is 1. The van der Waals surface area contributed by atoms with Crippen LogP contribution in [0, 0.1) is 17.1 Å². The SMILES string of the molecule is N#C/C(C(=O)Nc1ccc(C(F)(F)F)cc1)=C(/O)c1ccc(F)cc1. The Labute approximate surface area is 139 Å². The Morgan fingerprint density at radius 3 is 2.08 bits per heavy atom. The standard InChI is InChI=1S/C17H10F4N2O2/c18-12-5-1-10(2-6-12)15(24)14(9-22)16(25)23-13-7-3-11(4-8-13)17(19,20)21/h1-8,24H,(H,23,25)/b15-14-. The van der Waals surface area contributed by atoms with Gasteiger partial charge in [-0.2, -0.15) is 18.4 Å². The Balaban J connectivity index is 2.24. The van der Waals surface area contributed by atoms with Crippen molar-refractivity contribution < 1.29 is 27.5 Å². The number of halogens is 4. The largest absolute Gasteiger partial charge is 0.506 e. The first-order valence-electron chi connectivity index (χ1n) is 6.80. The molecule has 0 saturated heterocycles. The number of amides is 1. The second-order valence-electron chi connectivity index (χ2n) is 4.87. The van der Waals surface area contributed by atoms with E-state index in [4.69, 9.17) is 5.26 Å². The predicted octanol–water partition coefficient (Wildman–Crippen LogP) is 4.28. The third-order valence-electron chi connectivity index (χ3n) is 3.16. The van der Waals surface area contributed by atoms with Crippen molar-refractivity contribution >= 4 is 17.4 Å². The summed E-state index contributed by atoms with van der Waals surface area (Å²) in [6, 6.07) is 9.51. The van der Waals surface area contributed by atoms with Crippen molar-refractivity contribution in [2.45, 2.75) is 6.18 Å². The number of carbonyl (C=O) groups is 1. The van der Waals surface area contributed by atoms with Gasteiger partial charge in [-0.15, -0.1) is 0 Å². The quantitative estimate of drug-likeness (QED) is 0.376. The first-order valence-corrected chi connectivity index (χ1v) is 6.80. The average Bonchev–Trinajstić information content (AvgIpc) is 2.55. The lowest BCUT2D eigenvalue weighted by Gasteiger charge is -2.09. The average molecular weight is 350 g/mol. The number of nitriles is 1. The number of rotatable bonds is 3. The molecular formula is C17H10F4N2O2. The lowest BCUT2D eigenvalue weighted by molar-refractivity contribution is -0.137. The number of nitrogens with zero attached hydrogens (tertiary/aromatic N) is 1. The second kappa shape index (κ2) is 7.05. The molecule has 0 aliphatic heterocycles. The van der Waals surface area contributed by atoms with E-state index in [9.17, 15) is 27.5 Å². The Morgan fingerprint density at radius 2 is 1.60 bits per heavy atom. The second-order valence-corrected chi connectivity index (χ2v) is 4.87. The minimum Gasteiger partial charge on any atom is -0.506 e. The number of benzene rings is 2. The molecule has 4 nitrogen and oxygen atoms in total. The molecule has 25 heavy (non-hydrogen) atoms. The first-order chi connectivity index (χ1) is 11.7. The van der Waals surface area contributed by atoms with Crippen LogP contribution in [-0.4, -0.2) is 11.0 Å². The Kier molecular flexibility index (Phi) is 5.08. The molecule has 0 saturated carbocycles. The molecule has 0 aromatic heterocycles. The monoisotopic (exact) mass is 350 g/mol. The number of hydrogen-bond donors (Lipinski definition) is 2. The Morgan fingerprint density at radius 1 is 1.04 bits per heavy atom. The van der Waals surface area contributed by atoms with Crippen LogP contribution in [-0.2, 0) is 11.0 Å². The third-order valence-corrected chi connectivity index (χ3v) is 3.16. The molecule has 128 valence electrons. The number of hydrogen-bond acceptors (Lipinski definition) is 3. The van der Waals surface area contributed by atoms with Crippen molar-refractivity contribution in [3.05, 3.63) is 71.0 Å². The molecule has 0 radical (unpaired) electrons. The molecule has 0 bridgehead atoms. The number of aliphatic hydroxyl groups is 1. The van der Waals surface area contributed by atoms with E-state index in [-0.39, 0.29) is 11.3 Å². The fourth-order valence-corrected chi connectivity index (χ4v) is 1.90. The summed E-state index contributed by atoms with van der Waals surface area (Å²) in [4.78, 5) is 12.1. The van der Waals surface area contributed by atoms with Crippen LogP contribution in [0.1, 0.15) is 11.1 Å². The minimum atomic E-state index is -4.51. The predicted molar refractivity (Wildman–Crippen MR) is 81.6 cm³/mol. The van der Waals surface area contributed by atoms with Crippen molar-refractivity contribution in [3.8, 4) is 6.07 Å². The molecular weight excluding hydrogens is 340 g/mol. The zero-order valence-electron chi connectivity index (χ0n) is 12.4. The van der Waals surface area contributed by atoms with E-state index in [1.54, 1.807) is 0 Å². The van der Waals surface area contributed by atoms with Gasteiger partial charge in [0.25, 0.3) is 5.91 Å². The summed E-state index contributed by atoms with van der Waals surface area (Å²) >= 11 is 0.